The van der Waals surface area contributed by atoms with Gasteiger partial charge in [-0.1, -0.05) is 189 Å². The summed E-state index contributed by atoms with van der Waals surface area (Å²) in [5.41, 5.74) is 6.93. The van der Waals surface area contributed by atoms with Crippen LogP contribution < -0.4 is 0 Å². The van der Waals surface area contributed by atoms with E-state index in [1.807, 2.05) is 0 Å². The Morgan fingerprint density at radius 3 is 0.830 bits per heavy atom. The second-order valence-electron chi connectivity index (χ2n) is 23.3. The summed E-state index contributed by atoms with van der Waals surface area (Å²) in [4.78, 5) is 0. The number of hydrogen-bond donors (Lipinski definition) is 3. The standard InChI is InChI=1S/C50H78O3/c1-23-24-50(30-25-33(44(5,6)7)40(51)34(26-30)45(8,9)10,31-27-35(46(11,12)13)41(52)36(28-31)47(14,15)16)38-32(43(2,3)4)29-37(48(17,18)19)42(53)39(38)49(20,21)22/h25-29,51-53H,23-24H2,1-22H3. The highest BCUT2D eigenvalue weighted by Gasteiger charge is 2.47. The van der Waals surface area contributed by atoms with Crippen LogP contribution in [0, 0.1) is 0 Å². The summed E-state index contributed by atoms with van der Waals surface area (Å²) in [7, 11) is 0. The molecule has 0 bridgehead atoms. The zero-order valence-electron chi connectivity index (χ0n) is 38.1. The molecule has 3 heteroatoms. The third kappa shape index (κ3) is 8.50. The summed E-state index contributed by atoms with van der Waals surface area (Å²) in [6, 6.07) is 11.4. The fourth-order valence-electron chi connectivity index (χ4n) is 8.30. The van der Waals surface area contributed by atoms with Gasteiger partial charge in [0.1, 0.15) is 17.2 Å². The summed E-state index contributed by atoms with van der Waals surface area (Å²) >= 11 is 0. The maximum Gasteiger partial charge on any atom is 0.123 e. The SMILES string of the molecule is CCCC(c1cc(C(C)(C)C)c(O)c(C(C)(C)C)c1)(c1cc(C(C)(C)C)c(O)c(C(C)(C)C)c1)c1c(C(C)(C)C)cc(C(C)(C)C)c(O)c1C(C)(C)C. The van der Waals surface area contributed by atoms with Crippen molar-refractivity contribution in [1.82, 2.24) is 0 Å². The average Bonchev–Trinajstić information content (AvgIpc) is 2.91. The lowest BCUT2D eigenvalue weighted by atomic mass is 9.57. The Labute approximate surface area is 326 Å². The maximum atomic E-state index is 12.8. The topological polar surface area (TPSA) is 60.7 Å². The Morgan fingerprint density at radius 1 is 0.340 bits per heavy atom. The lowest BCUT2D eigenvalue weighted by Crippen LogP contribution is -2.38. The molecular formula is C50H78O3. The van der Waals surface area contributed by atoms with Gasteiger partial charge in [-0.15, -0.1) is 0 Å². The van der Waals surface area contributed by atoms with E-state index < -0.39 is 10.8 Å². The van der Waals surface area contributed by atoms with Crippen LogP contribution in [0.2, 0.25) is 0 Å². The highest BCUT2D eigenvalue weighted by Crippen LogP contribution is 2.57. The molecule has 0 spiro atoms. The molecule has 0 aliphatic heterocycles. The molecule has 0 saturated carbocycles. The molecule has 0 fully saturated rings. The van der Waals surface area contributed by atoms with Crippen LogP contribution in [-0.2, 0) is 43.3 Å². The summed E-state index contributed by atoms with van der Waals surface area (Å²) in [6.07, 6.45) is 1.62. The molecule has 3 aromatic rings. The van der Waals surface area contributed by atoms with Gasteiger partial charge in [0.25, 0.3) is 0 Å². The van der Waals surface area contributed by atoms with E-state index in [4.69, 9.17) is 0 Å². The molecule has 3 nitrogen and oxygen atoms in total. The summed E-state index contributed by atoms with van der Waals surface area (Å²) < 4.78 is 0. The second kappa shape index (κ2) is 13.7. The lowest BCUT2D eigenvalue weighted by Gasteiger charge is -2.46. The average molecular weight is 727 g/mol. The Kier molecular flexibility index (Phi) is 11.5. The van der Waals surface area contributed by atoms with E-state index >= 15 is 0 Å². The molecule has 0 aromatic heterocycles. The molecular weight excluding hydrogens is 649 g/mol. The molecule has 3 rings (SSSR count). The third-order valence-corrected chi connectivity index (χ3v) is 11.2. The minimum Gasteiger partial charge on any atom is -0.507 e. The van der Waals surface area contributed by atoms with Gasteiger partial charge in [0, 0.05) is 11.0 Å². The van der Waals surface area contributed by atoms with E-state index in [0.29, 0.717) is 17.2 Å². The molecule has 296 valence electrons. The van der Waals surface area contributed by atoms with Crippen molar-refractivity contribution < 1.29 is 15.3 Å². The second-order valence-corrected chi connectivity index (χ2v) is 23.3. The van der Waals surface area contributed by atoms with Crippen molar-refractivity contribution in [2.75, 3.05) is 0 Å². The van der Waals surface area contributed by atoms with E-state index in [0.717, 1.165) is 62.9 Å². The molecule has 0 saturated heterocycles. The van der Waals surface area contributed by atoms with Crippen molar-refractivity contribution in [3.63, 3.8) is 0 Å². The first-order chi connectivity index (χ1) is 23.4. The molecule has 0 aliphatic rings. The van der Waals surface area contributed by atoms with Crippen LogP contribution in [0.15, 0.2) is 30.3 Å². The van der Waals surface area contributed by atoms with Crippen LogP contribution >= 0.6 is 0 Å². The molecule has 0 amide bonds. The van der Waals surface area contributed by atoms with Crippen LogP contribution in [-0.4, -0.2) is 15.3 Å². The van der Waals surface area contributed by atoms with E-state index in [1.165, 1.54) is 5.56 Å². The van der Waals surface area contributed by atoms with Gasteiger partial charge in [-0.05, 0) is 94.4 Å². The summed E-state index contributed by atoms with van der Waals surface area (Å²) in [5.74, 6) is 1.08. The largest absolute Gasteiger partial charge is 0.507 e. The zero-order valence-corrected chi connectivity index (χ0v) is 38.1. The summed E-state index contributed by atoms with van der Waals surface area (Å²) in [6.45, 7) is 48.6. The number of hydrogen-bond acceptors (Lipinski definition) is 3. The number of rotatable bonds is 5. The summed E-state index contributed by atoms with van der Waals surface area (Å²) in [5, 5.41) is 37.0. The predicted octanol–water partition coefficient (Wildman–Crippen LogP) is 14.0. The van der Waals surface area contributed by atoms with Gasteiger partial charge in [0.2, 0.25) is 0 Å². The van der Waals surface area contributed by atoms with Crippen LogP contribution in [0.1, 0.15) is 221 Å². The molecule has 53 heavy (non-hydrogen) atoms. The van der Waals surface area contributed by atoms with Gasteiger partial charge in [0.05, 0.1) is 0 Å². The fraction of sp³-hybridized carbons (Fsp3) is 0.640. The van der Waals surface area contributed by atoms with Gasteiger partial charge in [-0.25, -0.2) is 0 Å². The van der Waals surface area contributed by atoms with E-state index in [9.17, 15) is 15.3 Å². The van der Waals surface area contributed by atoms with Gasteiger partial charge in [-0.2, -0.15) is 0 Å². The zero-order chi connectivity index (χ0) is 41.5. The van der Waals surface area contributed by atoms with Gasteiger partial charge in [-0.3, -0.25) is 0 Å². The van der Waals surface area contributed by atoms with Crippen molar-refractivity contribution in [3.05, 3.63) is 86.0 Å². The van der Waals surface area contributed by atoms with Crippen LogP contribution in [0.25, 0.3) is 0 Å². The Bertz CT molecular complexity index is 1670. The normalized spacial score (nSPS) is 14.2. The van der Waals surface area contributed by atoms with E-state index in [-0.39, 0.29) is 32.5 Å². The van der Waals surface area contributed by atoms with Crippen molar-refractivity contribution in [2.45, 2.75) is 208 Å². The highest BCUT2D eigenvalue weighted by atomic mass is 16.3. The quantitative estimate of drug-likeness (QED) is 0.229. The minimum absolute atomic E-state index is 0.296. The third-order valence-electron chi connectivity index (χ3n) is 11.2. The van der Waals surface area contributed by atoms with Gasteiger partial charge in [0.15, 0.2) is 0 Å². The van der Waals surface area contributed by atoms with Crippen LogP contribution in [0.5, 0.6) is 17.2 Å². The van der Waals surface area contributed by atoms with Crippen molar-refractivity contribution in [1.29, 1.82) is 0 Å². The van der Waals surface area contributed by atoms with Crippen LogP contribution in [0.4, 0.5) is 0 Å². The molecule has 0 heterocycles. The number of benzene rings is 3. The van der Waals surface area contributed by atoms with Crippen molar-refractivity contribution in [2.24, 2.45) is 0 Å². The first kappa shape index (κ1) is 44.5. The molecule has 0 unspecified atom stereocenters. The number of phenolic OH excluding ortho intramolecular Hbond substituents is 3. The Morgan fingerprint density at radius 2 is 0.604 bits per heavy atom. The van der Waals surface area contributed by atoms with Gasteiger partial charge < -0.3 is 15.3 Å². The van der Waals surface area contributed by atoms with Crippen molar-refractivity contribution in [3.8, 4) is 17.2 Å². The van der Waals surface area contributed by atoms with E-state index in [2.05, 4.69) is 183 Å². The monoisotopic (exact) mass is 727 g/mol. The maximum absolute atomic E-state index is 12.8. The number of aromatic hydroxyl groups is 3. The lowest BCUT2D eigenvalue weighted by molar-refractivity contribution is 0.402. The predicted molar refractivity (Wildman–Crippen MR) is 230 cm³/mol. The Hall–Kier alpha value is -2.94. The smallest absolute Gasteiger partial charge is 0.123 e. The Balaban J connectivity index is 3.09. The number of phenols is 3. The first-order valence-electron chi connectivity index (χ1n) is 20.1. The molecule has 0 atom stereocenters. The first-order valence-corrected chi connectivity index (χ1v) is 20.1. The van der Waals surface area contributed by atoms with Gasteiger partial charge >= 0.3 is 0 Å². The molecule has 3 aromatic carbocycles. The fourth-order valence-corrected chi connectivity index (χ4v) is 8.30. The van der Waals surface area contributed by atoms with E-state index in [1.54, 1.807) is 0 Å². The minimum atomic E-state index is -0.782. The van der Waals surface area contributed by atoms with Crippen molar-refractivity contribution >= 4 is 0 Å². The van der Waals surface area contributed by atoms with Crippen LogP contribution in [0.3, 0.4) is 0 Å². The molecule has 0 aliphatic carbocycles. The molecule has 3 N–H and O–H groups in total. The molecule has 0 radical (unpaired) electrons. The highest BCUT2D eigenvalue weighted by molar-refractivity contribution is 5.68.